The normalized spacial score (nSPS) is 10.1. The number of amides is 1. The van der Waals surface area contributed by atoms with Crippen molar-refractivity contribution >= 4 is 23.2 Å². The van der Waals surface area contributed by atoms with Crippen LogP contribution in [0.1, 0.15) is 10.5 Å². The number of nitrogens with zero attached hydrogens (tertiary/aromatic N) is 3. The molecule has 18 heavy (non-hydrogen) atoms. The van der Waals surface area contributed by atoms with Crippen molar-refractivity contribution < 1.29 is 9.90 Å². The van der Waals surface area contributed by atoms with Crippen LogP contribution in [0.15, 0.2) is 36.7 Å². The standard InChI is InChI=1S/C12H10ClN3O2/c1-16(8-3-2-4-9(17)5-8)12(18)10-6-15-11(13)7-14-10/h2-7,17H,1H3. The molecule has 5 nitrogen and oxygen atoms in total. The van der Waals surface area contributed by atoms with Gasteiger partial charge in [0, 0.05) is 18.8 Å². The molecule has 0 saturated heterocycles. The number of anilines is 1. The Hall–Kier alpha value is -2.14. The molecule has 0 aliphatic heterocycles. The predicted molar refractivity (Wildman–Crippen MR) is 67.9 cm³/mol. The van der Waals surface area contributed by atoms with Crippen LogP contribution < -0.4 is 4.90 Å². The summed E-state index contributed by atoms with van der Waals surface area (Å²) >= 11 is 5.60. The molecule has 0 radical (unpaired) electrons. The third-order valence-electron chi connectivity index (χ3n) is 2.36. The van der Waals surface area contributed by atoms with Crippen molar-refractivity contribution in [2.75, 3.05) is 11.9 Å². The van der Waals surface area contributed by atoms with Crippen molar-refractivity contribution in [3.63, 3.8) is 0 Å². The Labute approximate surface area is 109 Å². The molecule has 1 heterocycles. The second kappa shape index (κ2) is 5.01. The van der Waals surface area contributed by atoms with Gasteiger partial charge in [0.1, 0.15) is 16.6 Å². The fourth-order valence-corrected chi connectivity index (χ4v) is 1.51. The number of phenolic OH excluding ortho intramolecular Hbond substituents is 1. The highest BCUT2D eigenvalue weighted by molar-refractivity contribution is 6.29. The van der Waals surface area contributed by atoms with Crippen LogP contribution in [-0.2, 0) is 0 Å². The molecule has 1 N–H and O–H groups in total. The average molecular weight is 264 g/mol. The molecule has 1 aromatic carbocycles. The fraction of sp³-hybridized carbons (Fsp3) is 0.0833. The van der Waals surface area contributed by atoms with E-state index in [1.807, 2.05) is 0 Å². The molecule has 0 atom stereocenters. The van der Waals surface area contributed by atoms with Crippen LogP contribution in [0.4, 0.5) is 5.69 Å². The van der Waals surface area contributed by atoms with E-state index in [1.54, 1.807) is 19.2 Å². The zero-order chi connectivity index (χ0) is 13.1. The molecular weight excluding hydrogens is 254 g/mol. The third-order valence-corrected chi connectivity index (χ3v) is 2.56. The lowest BCUT2D eigenvalue weighted by atomic mass is 10.2. The third kappa shape index (κ3) is 2.57. The molecule has 0 spiro atoms. The summed E-state index contributed by atoms with van der Waals surface area (Å²) in [7, 11) is 1.59. The zero-order valence-electron chi connectivity index (χ0n) is 9.54. The number of hydrogen-bond acceptors (Lipinski definition) is 4. The monoisotopic (exact) mass is 263 g/mol. The van der Waals surface area contributed by atoms with Crippen LogP contribution in [0, 0.1) is 0 Å². The number of halogens is 1. The summed E-state index contributed by atoms with van der Waals surface area (Å²) in [5.74, 6) is -0.237. The first kappa shape index (κ1) is 12.3. The largest absolute Gasteiger partial charge is 0.508 e. The molecule has 92 valence electrons. The molecule has 0 unspecified atom stereocenters. The number of aromatic nitrogens is 2. The molecule has 2 rings (SSSR count). The van der Waals surface area contributed by atoms with Crippen LogP contribution in [0.2, 0.25) is 5.15 Å². The van der Waals surface area contributed by atoms with Gasteiger partial charge in [-0.1, -0.05) is 17.7 Å². The maximum atomic E-state index is 12.1. The first-order valence-corrected chi connectivity index (χ1v) is 5.50. The Morgan fingerprint density at radius 1 is 1.33 bits per heavy atom. The van der Waals surface area contributed by atoms with E-state index in [4.69, 9.17) is 11.6 Å². The van der Waals surface area contributed by atoms with E-state index in [0.29, 0.717) is 5.69 Å². The van der Waals surface area contributed by atoms with Gasteiger partial charge in [-0.15, -0.1) is 0 Å². The molecule has 0 bridgehead atoms. The Bertz CT molecular complexity index is 572. The number of carbonyl (C=O) groups is 1. The number of phenols is 1. The Morgan fingerprint density at radius 2 is 2.11 bits per heavy atom. The smallest absolute Gasteiger partial charge is 0.278 e. The van der Waals surface area contributed by atoms with Gasteiger partial charge in [0.25, 0.3) is 5.91 Å². The maximum Gasteiger partial charge on any atom is 0.278 e. The summed E-state index contributed by atoms with van der Waals surface area (Å²) in [5, 5.41) is 9.60. The number of rotatable bonds is 2. The van der Waals surface area contributed by atoms with Crippen molar-refractivity contribution in [2.24, 2.45) is 0 Å². The van der Waals surface area contributed by atoms with Gasteiger partial charge in [-0.3, -0.25) is 4.79 Å². The molecule has 1 amide bonds. The lowest BCUT2D eigenvalue weighted by molar-refractivity contribution is 0.0988. The first-order chi connectivity index (χ1) is 8.58. The van der Waals surface area contributed by atoms with Gasteiger partial charge in [-0.05, 0) is 12.1 Å². The van der Waals surface area contributed by atoms with Crippen LogP contribution >= 0.6 is 11.6 Å². The minimum Gasteiger partial charge on any atom is -0.508 e. The SMILES string of the molecule is CN(C(=O)c1cnc(Cl)cn1)c1cccc(O)c1. The highest BCUT2D eigenvalue weighted by Crippen LogP contribution is 2.20. The van der Waals surface area contributed by atoms with E-state index in [0.717, 1.165) is 0 Å². The van der Waals surface area contributed by atoms with Crippen LogP contribution in [0.3, 0.4) is 0 Å². The minimum atomic E-state index is -0.329. The summed E-state index contributed by atoms with van der Waals surface area (Å²) in [6.45, 7) is 0. The zero-order valence-corrected chi connectivity index (χ0v) is 10.3. The van der Waals surface area contributed by atoms with E-state index in [-0.39, 0.29) is 22.5 Å². The summed E-state index contributed by atoms with van der Waals surface area (Å²) < 4.78 is 0. The quantitative estimate of drug-likeness (QED) is 0.901. The summed E-state index contributed by atoms with van der Waals surface area (Å²) in [4.78, 5) is 21.1. The number of hydrogen-bond donors (Lipinski definition) is 1. The molecule has 0 aliphatic carbocycles. The Kier molecular flexibility index (Phi) is 3.43. The van der Waals surface area contributed by atoms with Gasteiger partial charge in [0.2, 0.25) is 0 Å². The van der Waals surface area contributed by atoms with E-state index < -0.39 is 0 Å². The van der Waals surface area contributed by atoms with Crippen LogP contribution in [0.5, 0.6) is 5.75 Å². The van der Waals surface area contributed by atoms with Crippen LogP contribution in [0.25, 0.3) is 0 Å². The van der Waals surface area contributed by atoms with Gasteiger partial charge >= 0.3 is 0 Å². The molecule has 1 aromatic heterocycles. The Morgan fingerprint density at radius 3 is 2.72 bits per heavy atom. The lowest BCUT2D eigenvalue weighted by Crippen LogP contribution is -2.27. The topological polar surface area (TPSA) is 66.3 Å². The van der Waals surface area contributed by atoms with Gasteiger partial charge in [0.05, 0.1) is 12.4 Å². The van der Waals surface area contributed by atoms with Crippen molar-refractivity contribution in [1.82, 2.24) is 9.97 Å². The van der Waals surface area contributed by atoms with E-state index in [9.17, 15) is 9.90 Å². The van der Waals surface area contributed by atoms with Gasteiger partial charge < -0.3 is 10.0 Å². The lowest BCUT2D eigenvalue weighted by Gasteiger charge is -2.16. The average Bonchev–Trinajstić information content (AvgIpc) is 2.38. The van der Waals surface area contributed by atoms with E-state index >= 15 is 0 Å². The highest BCUT2D eigenvalue weighted by atomic mass is 35.5. The number of carbonyl (C=O) groups excluding carboxylic acids is 1. The Balaban J connectivity index is 2.26. The van der Waals surface area contributed by atoms with Crippen molar-refractivity contribution in [3.8, 4) is 5.75 Å². The van der Waals surface area contributed by atoms with Gasteiger partial charge in [0.15, 0.2) is 0 Å². The molecule has 6 heteroatoms. The summed E-state index contributed by atoms with van der Waals surface area (Å²) in [6, 6.07) is 6.38. The molecule has 0 aliphatic rings. The van der Waals surface area contributed by atoms with Crippen molar-refractivity contribution in [2.45, 2.75) is 0 Å². The second-order valence-corrected chi connectivity index (χ2v) is 4.00. The maximum absolute atomic E-state index is 12.1. The summed E-state index contributed by atoms with van der Waals surface area (Å²) in [6.07, 6.45) is 2.62. The molecular formula is C12H10ClN3O2. The van der Waals surface area contributed by atoms with Gasteiger partial charge in [-0.25, -0.2) is 9.97 Å². The van der Waals surface area contributed by atoms with Crippen molar-refractivity contribution in [1.29, 1.82) is 0 Å². The van der Waals surface area contributed by atoms with E-state index in [2.05, 4.69) is 9.97 Å². The molecule has 0 fully saturated rings. The minimum absolute atomic E-state index is 0.0920. The number of benzene rings is 1. The molecule has 2 aromatic rings. The van der Waals surface area contributed by atoms with Crippen LogP contribution in [-0.4, -0.2) is 28.0 Å². The van der Waals surface area contributed by atoms with Crippen molar-refractivity contribution in [3.05, 3.63) is 47.5 Å². The fourth-order valence-electron chi connectivity index (χ4n) is 1.41. The predicted octanol–water partition coefficient (Wildman–Crippen LogP) is 2.11. The first-order valence-electron chi connectivity index (χ1n) is 5.12. The number of aromatic hydroxyl groups is 1. The van der Waals surface area contributed by atoms with E-state index in [1.165, 1.54) is 29.4 Å². The highest BCUT2D eigenvalue weighted by Gasteiger charge is 2.15. The molecule has 0 saturated carbocycles. The summed E-state index contributed by atoms with van der Waals surface area (Å²) in [5.41, 5.74) is 0.752. The van der Waals surface area contributed by atoms with Gasteiger partial charge in [-0.2, -0.15) is 0 Å². The second-order valence-electron chi connectivity index (χ2n) is 3.61.